The van der Waals surface area contributed by atoms with Crippen LogP contribution >= 0.6 is 15.9 Å². The molecule has 20 heavy (non-hydrogen) atoms. The van der Waals surface area contributed by atoms with E-state index in [0.29, 0.717) is 15.8 Å². The van der Waals surface area contributed by atoms with Gasteiger partial charge in [0.25, 0.3) is 5.91 Å². The minimum atomic E-state index is -0.573. The highest BCUT2D eigenvalue weighted by molar-refractivity contribution is 9.10. The maximum atomic E-state index is 13.8. The Kier molecular flexibility index (Phi) is 4.09. The summed E-state index contributed by atoms with van der Waals surface area (Å²) >= 11 is 3.16. The Bertz CT molecular complexity index is 686. The third-order valence-corrected chi connectivity index (χ3v) is 3.62. The number of hydrogen-bond acceptors (Lipinski definition) is 2. The molecule has 0 radical (unpaired) electrons. The standard InChI is InChI=1S/C15H14BrFN2O/c1-8-3-6-13(18)9(2)14(8)19-15(20)11-5-4-10(16)7-12(11)17/h3-7H,18H2,1-2H3,(H,19,20). The van der Waals surface area contributed by atoms with Gasteiger partial charge in [-0.15, -0.1) is 0 Å². The summed E-state index contributed by atoms with van der Waals surface area (Å²) in [6.45, 7) is 3.68. The molecule has 0 fully saturated rings. The number of aryl methyl sites for hydroxylation is 1. The summed E-state index contributed by atoms with van der Waals surface area (Å²) in [5.41, 5.74) is 8.68. The van der Waals surface area contributed by atoms with Crippen LogP contribution in [0.3, 0.4) is 0 Å². The van der Waals surface area contributed by atoms with Crippen LogP contribution in [-0.4, -0.2) is 5.91 Å². The number of nitrogen functional groups attached to an aromatic ring is 1. The Hall–Kier alpha value is -1.88. The van der Waals surface area contributed by atoms with Crippen molar-refractivity contribution < 1.29 is 9.18 Å². The third-order valence-electron chi connectivity index (χ3n) is 3.13. The molecule has 0 aliphatic rings. The Labute approximate surface area is 125 Å². The SMILES string of the molecule is Cc1ccc(N)c(C)c1NC(=O)c1ccc(Br)cc1F. The summed E-state index contributed by atoms with van der Waals surface area (Å²) in [6.07, 6.45) is 0. The fourth-order valence-electron chi connectivity index (χ4n) is 1.91. The van der Waals surface area contributed by atoms with Gasteiger partial charge in [-0.3, -0.25) is 4.79 Å². The molecule has 0 heterocycles. The summed E-state index contributed by atoms with van der Waals surface area (Å²) in [4.78, 5) is 12.2. The van der Waals surface area contributed by atoms with E-state index in [0.717, 1.165) is 11.1 Å². The lowest BCUT2D eigenvalue weighted by atomic mass is 10.1. The second-order valence-electron chi connectivity index (χ2n) is 4.55. The second kappa shape index (κ2) is 5.63. The Morgan fingerprint density at radius 3 is 2.60 bits per heavy atom. The largest absolute Gasteiger partial charge is 0.398 e. The monoisotopic (exact) mass is 336 g/mol. The van der Waals surface area contributed by atoms with Crippen LogP contribution in [0.25, 0.3) is 0 Å². The summed E-state index contributed by atoms with van der Waals surface area (Å²) in [6, 6.07) is 7.91. The van der Waals surface area contributed by atoms with Crippen molar-refractivity contribution in [3.05, 3.63) is 57.3 Å². The molecular weight excluding hydrogens is 323 g/mol. The van der Waals surface area contributed by atoms with Gasteiger partial charge in [-0.2, -0.15) is 0 Å². The fraction of sp³-hybridized carbons (Fsp3) is 0.133. The molecule has 0 aliphatic carbocycles. The first-order valence-corrected chi connectivity index (χ1v) is 6.81. The van der Waals surface area contributed by atoms with Crippen LogP contribution in [0.15, 0.2) is 34.8 Å². The van der Waals surface area contributed by atoms with Crippen LogP contribution in [0.5, 0.6) is 0 Å². The summed E-state index contributed by atoms with van der Waals surface area (Å²) < 4.78 is 14.4. The van der Waals surface area contributed by atoms with Crippen molar-refractivity contribution in [2.75, 3.05) is 11.1 Å². The van der Waals surface area contributed by atoms with E-state index in [1.54, 1.807) is 12.1 Å². The molecule has 2 rings (SSSR count). The Morgan fingerprint density at radius 1 is 1.25 bits per heavy atom. The number of nitrogens with one attached hydrogen (secondary N) is 1. The fourth-order valence-corrected chi connectivity index (χ4v) is 2.24. The first-order chi connectivity index (χ1) is 9.40. The summed E-state index contributed by atoms with van der Waals surface area (Å²) in [5, 5.41) is 2.72. The van der Waals surface area contributed by atoms with E-state index >= 15 is 0 Å². The molecule has 3 N–H and O–H groups in total. The predicted octanol–water partition coefficient (Wildman–Crippen LogP) is 4.04. The van der Waals surface area contributed by atoms with E-state index in [4.69, 9.17) is 5.73 Å². The van der Waals surface area contributed by atoms with Crippen LogP contribution < -0.4 is 11.1 Å². The van der Waals surface area contributed by atoms with Crippen LogP contribution in [0.2, 0.25) is 0 Å². The van der Waals surface area contributed by atoms with Gasteiger partial charge in [0.1, 0.15) is 5.82 Å². The minimum absolute atomic E-state index is 0.00516. The van der Waals surface area contributed by atoms with E-state index in [2.05, 4.69) is 21.2 Å². The molecule has 0 atom stereocenters. The van der Waals surface area contributed by atoms with Gasteiger partial charge in [-0.05, 0) is 49.2 Å². The van der Waals surface area contributed by atoms with Gasteiger partial charge in [-0.1, -0.05) is 22.0 Å². The zero-order chi connectivity index (χ0) is 14.9. The first-order valence-electron chi connectivity index (χ1n) is 6.02. The van der Waals surface area contributed by atoms with Crippen LogP contribution in [0.4, 0.5) is 15.8 Å². The zero-order valence-electron chi connectivity index (χ0n) is 11.1. The molecule has 0 aliphatic heterocycles. The van der Waals surface area contributed by atoms with E-state index < -0.39 is 11.7 Å². The van der Waals surface area contributed by atoms with Crippen LogP contribution in [0, 0.1) is 19.7 Å². The Balaban J connectivity index is 2.35. The predicted molar refractivity (Wildman–Crippen MR) is 82.4 cm³/mol. The van der Waals surface area contributed by atoms with Gasteiger partial charge < -0.3 is 11.1 Å². The smallest absolute Gasteiger partial charge is 0.258 e. The topological polar surface area (TPSA) is 55.1 Å². The highest BCUT2D eigenvalue weighted by Gasteiger charge is 2.15. The molecule has 1 amide bonds. The molecule has 3 nitrogen and oxygen atoms in total. The number of nitrogens with two attached hydrogens (primary N) is 1. The lowest BCUT2D eigenvalue weighted by molar-refractivity contribution is 0.102. The summed E-state index contributed by atoms with van der Waals surface area (Å²) in [7, 11) is 0. The van der Waals surface area contributed by atoms with Gasteiger partial charge in [0, 0.05) is 15.8 Å². The number of rotatable bonds is 2. The van der Waals surface area contributed by atoms with Crippen molar-refractivity contribution in [1.29, 1.82) is 0 Å². The van der Waals surface area contributed by atoms with E-state index in [-0.39, 0.29) is 5.56 Å². The normalized spacial score (nSPS) is 10.4. The number of benzene rings is 2. The molecule has 0 unspecified atom stereocenters. The van der Waals surface area contributed by atoms with Gasteiger partial charge in [-0.25, -0.2) is 4.39 Å². The molecule has 0 spiro atoms. The molecule has 0 bridgehead atoms. The minimum Gasteiger partial charge on any atom is -0.398 e. The van der Waals surface area contributed by atoms with E-state index in [9.17, 15) is 9.18 Å². The molecule has 0 saturated carbocycles. The molecule has 2 aromatic carbocycles. The van der Waals surface area contributed by atoms with E-state index in [1.165, 1.54) is 12.1 Å². The van der Waals surface area contributed by atoms with Crippen molar-refractivity contribution in [2.24, 2.45) is 0 Å². The first kappa shape index (κ1) is 14.5. The van der Waals surface area contributed by atoms with Crippen molar-refractivity contribution in [3.63, 3.8) is 0 Å². The molecule has 0 aromatic heterocycles. The average molecular weight is 337 g/mol. The quantitative estimate of drug-likeness (QED) is 0.813. The van der Waals surface area contributed by atoms with Crippen molar-refractivity contribution in [1.82, 2.24) is 0 Å². The molecular formula is C15H14BrFN2O. The van der Waals surface area contributed by atoms with Crippen molar-refractivity contribution in [3.8, 4) is 0 Å². The number of carbonyl (C=O) groups excluding carboxylic acids is 1. The van der Waals surface area contributed by atoms with Crippen molar-refractivity contribution >= 4 is 33.2 Å². The van der Waals surface area contributed by atoms with E-state index in [1.807, 2.05) is 19.9 Å². The lowest BCUT2D eigenvalue weighted by Gasteiger charge is -2.13. The number of hydrogen-bond donors (Lipinski definition) is 2. The number of anilines is 2. The highest BCUT2D eigenvalue weighted by Crippen LogP contribution is 2.26. The molecule has 5 heteroatoms. The molecule has 0 saturated heterocycles. The molecule has 104 valence electrons. The maximum Gasteiger partial charge on any atom is 0.258 e. The maximum absolute atomic E-state index is 13.8. The Morgan fingerprint density at radius 2 is 1.95 bits per heavy atom. The lowest BCUT2D eigenvalue weighted by Crippen LogP contribution is -2.16. The number of amides is 1. The third kappa shape index (κ3) is 2.82. The van der Waals surface area contributed by atoms with Crippen molar-refractivity contribution in [2.45, 2.75) is 13.8 Å². The highest BCUT2D eigenvalue weighted by atomic mass is 79.9. The van der Waals surface area contributed by atoms with Crippen LogP contribution in [0.1, 0.15) is 21.5 Å². The second-order valence-corrected chi connectivity index (χ2v) is 5.47. The summed E-state index contributed by atoms with van der Waals surface area (Å²) in [5.74, 6) is -1.07. The molecule has 2 aromatic rings. The van der Waals surface area contributed by atoms with Crippen LogP contribution in [-0.2, 0) is 0 Å². The zero-order valence-corrected chi connectivity index (χ0v) is 12.7. The van der Waals surface area contributed by atoms with Gasteiger partial charge in [0.05, 0.1) is 5.56 Å². The van der Waals surface area contributed by atoms with Gasteiger partial charge in [0.2, 0.25) is 0 Å². The average Bonchev–Trinajstić information content (AvgIpc) is 2.39. The number of halogens is 2. The number of carbonyl (C=O) groups is 1. The van der Waals surface area contributed by atoms with Gasteiger partial charge >= 0.3 is 0 Å². The van der Waals surface area contributed by atoms with Gasteiger partial charge in [0.15, 0.2) is 0 Å².